The molecule has 0 fully saturated rings. The first-order valence-corrected chi connectivity index (χ1v) is 10.2. The van der Waals surface area contributed by atoms with E-state index in [1.54, 1.807) is 0 Å². The fourth-order valence-electron chi connectivity index (χ4n) is 3.72. The molecule has 4 rings (SSSR count). The van der Waals surface area contributed by atoms with Gasteiger partial charge in [0.05, 0.1) is 11.4 Å². The summed E-state index contributed by atoms with van der Waals surface area (Å²) in [5.74, 6) is 0. The molecule has 0 amide bonds. The number of aryl methyl sites for hydroxylation is 1. The van der Waals surface area contributed by atoms with Crippen LogP contribution in [0.1, 0.15) is 29.3 Å². The maximum Gasteiger partial charge on any atom is 0.142 e. The molecule has 0 N–H and O–H groups in total. The van der Waals surface area contributed by atoms with E-state index in [9.17, 15) is 0 Å². The van der Waals surface area contributed by atoms with Crippen LogP contribution < -0.4 is 0 Å². The molecule has 3 nitrogen and oxygen atoms in total. The van der Waals surface area contributed by atoms with E-state index in [-0.39, 0.29) is 0 Å². The zero-order valence-electron chi connectivity index (χ0n) is 17.7. The highest BCUT2D eigenvalue weighted by molar-refractivity contribution is 6.01. The second-order valence-electron chi connectivity index (χ2n) is 7.50. The quantitative estimate of drug-likeness (QED) is 0.264. The Hall–Kier alpha value is -3.59. The molecule has 0 unspecified atom stereocenters. The Balaban J connectivity index is 1.73. The normalized spacial score (nSPS) is 11.5. The van der Waals surface area contributed by atoms with Gasteiger partial charge in [0.15, 0.2) is 0 Å². The fraction of sp³-hybridized carbons (Fsp3) is 0.148. The standard InChI is InChI=1S/C27H26N2O/c1-20-11-10-16-25(17-20)29-22(3)26(18-27(29)24-14-8-5-9-15-24)21(2)28-30-19-23-12-6-4-7-13-23/h4-18H,19H2,1-3H3/b28-21+. The number of hydrogen-bond donors (Lipinski definition) is 0. The van der Waals surface area contributed by atoms with Crippen LogP contribution in [-0.4, -0.2) is 10.3 Å². The minimum absolute atomic E-state index is 0.460. The van der Waals surface area contributed by atoms with E-state index in [0.717, 1.165) is 33.9 Å². The van der Waals surface area contributed by atoms with Crippen LogP contribution in [0.3, 0.4) is 0 Å². The van der Waals surface area contributed by atoms with Crippen LogP contribution in [0.4, 0.5) is 0 Å². The number of hydrogen-bond acceptors (Lipinski definition) is 2. The molecule has 150 valence electrons. The Morgan fingerprint density at radius 3 is 2.23 bits per heavy atom. The lowest BCUT2D eigenvalue weighted by Gasteiger charge is -2.13. The Morgan fingerprint density at radius 2 is 1.53 bits per heavy atom. The fourth-order valence-corrected chi connectivity index (χ4v) is 3.72. The van der Waals surface area contributed by atoms with Gasteiger partial charge >= 0.3 is 0 Å². The highest BCUT2D eigenvalue weighted by Gasteiger charge is 2.17. The van der Waals surface area contributed by atoms with Crippen molar-refractivity contribution >= 4 is 5.71 Å². The van der Waals surface area contributed by atoms with E-state index in [1.165, 1.54) is 11.1 Å². The Bertz CT molecular complexity index is 1160. The van der Waals surface area contributed by atoms with Crippen molar-refractivity contribution < 1.29 is 4.84 Å². The molecule has 1 heterocycles. The zero-order chi connectivity index (χ0) is 20.9. The lowest BCUT2D eigenvalue weighted by molar-refractivity contribution is 0.130. The predicted octanol–water partition coefficient (Wildman–Crippen LogP) is 6.70. The highest BCUT2D eigenvalue weighted by Crippen LogP contribution is 2.30. The van der Waals surface area contributed by atoms with Gasteiger partial charge in [-0.2, -0.15) is 0 Å². The molecule has 0 aliphatic rings. The third kappa shape index (κ3) is 4.20. The molecule has 0 saturated carbocycles. The van der Waals surface area contributed by atoms with Crippen LogP contribution in [-0.2, 0) is 11.4 Å². The van der Waals surface area contributed by atoms with E-state index in [2.05, 4.69) is 78.2 Å². The zero-order valence-corrected chi connectivity index (χ0v) is 17.7. The van der Waals surface area contributed by atoms with Gasteiger partial charge in [0, 0.05) is 16.9 Å². The molecule has 3 aromatic carbocycles. The molecular formula is C27H26N2O. The van der Waals surface area contributed by atoms with E-state index >= 15 is 0 Å². The molecule has 3 heteroatoms. The SMILES string of the molecule is C/C(=N\OCc1ccccc1)c1cc(-c2ccccc2)n(-c2cccc(C)c2)c1C. The Morgan fingerprint density at radius 1 is 0.833 bits per heavy atom. The second kappa shape index (κ2) is 8.83. The molecule has 0 bridgehead atoms. The van der Waals surface area contributed by atoms with Gasteiger partial charge in [0.2, 0.25) is 0 Å². The van der Waals surface area contributed by atoms with Crippen LogP contribution in [0.25, 0.3) is 16.9 Å². The van der Waals surface area contributed by atoms with Crippen molar-refractivity contribution in [1.82, 2.24) is 4.57 Å². The molecule has 30 heavy (non-hydrogen) atoms. The topological polar surface area (TPSA) is 26.5 Å². The third-order valence-electron chi connectivity index (χ3n) is 5.24. The van der Waals surface area contributed by atoms with Crippen molar-refractivity contribution in [2.24, 2.45) is 5.16 Å². The van der Waals surface area contributed by atoms with Gasteiger partial charge in [-0.25, -0.2) is 0 Å². The molecule has 1 aromatic heterocycles. The summed E-state index contributed by atoms with van der Waals surface area (Å²) in [5, 5.41) is 4.41. The largest absolute Gasteiger partial charge is 0.391 e. The van der Waals surface area contributed by atoms with Crippen molar-refractivity contribution in [3.63, 3.8) is 0 Å². The summed E-state index contributed by atoms with van der Waals surface area (Å²) < 4.78 is 2.30. The Labute approximate surface area is 178 Å². The number of oxime groups is 1. The molecule has 0 atom stereocenters. The molecule has 4 aromatic rings. The van der Waals surface area contributed by atoms with E-state index < -0.39 is 0 Å². The van der Waals surface area contributed by atoms with Crippen molar-refractivity contribution in [3.8, 4) is 16.9 Å². The number of benzene rings is 3. The summed E-state index contributed by atoms with van der Waals surface area (Å²) in [7, 11) is 0. The summed E-state index contributed by atoms with van der Waals surface area (Å²) >= 11 is 0. The van der Waals surface area contributed by atoms with E-state index in [1.807, 2.05) is 43.3 Å². The summed E-state index contributed by atoms with van der Waals surface area (Å²) in [5.41, 5.74) is 8.90. The lowest BCUT2D eigenvalue weighted by atomic mass is 10.1. The van der Waals surface area contributed by atoms with Crippen molar-refractivity contribution in [1.29, 1.82) is 0 Å². The van der Waals surface area contributed by atoms with Crippen LogP contribution in [0.2, 0.25) is 0 Å². The smallest absolute Gasteiger partial charge is 0.142 e. The van der Waals surface area contributed by atoms with Gasteiger partial charge in [-0.15, -0.1) is 0 Å². The first-order valence-electron chi connectivity index (χ1n) is 10.2. The number of aromatic nitrogens is 1. The number of nitrogens with zero attached hydrogens (tertiary/aromatic N) is 2. The van der Waals surface area contributed by atoms with Crippen LogP contribution >= 0.6 is 0 Å². The van der Waals surface area contributed by atoms with Crippen LogP contribution in [0.15, 0.2) is 96.2 Å². The van der Waals surface area contributed by atoms with Crippen LogP contribution in [0, 0.1) is 13.8 Å². The van der Waals surface area contributed by atoms with E-state index in [0.29, 0.717) is 6.61 Å². The molecule has 0 aliphatic heterocycles. The van der Waals surface area contributed by atoms with Gasteiger partial charge in [0.1, 0.15) is 6.61 Å². The minimum Gasteiger partial charge on any atom is -0.391 e. The molecule has 0 radical (unpaired) electrons. The van der Waals surface area contributed by atoms with Crippen LogP contribution in [0.5, 0.6) is 0 Å². The van der Waals surface area contributed by atoms with Crippen molar-refractivity contribution in [2.45, 2.75) is 27.4 Å². The van der Waals surface area contributed by atoms with Gasteiger partial charge < -0.3 is 9.40 Å². The summed E-state index contributed by atoms with van der Waals surface area (Å²) in [4.78, 5) is 5.65. The predicted molar refractivity (Wildman–Crippen MR) is 124 cm³/mol. The average molecular weight is 395 g/mol. The van der Waals surface area contributed by atoms with Gasteiger partial charge in [0.25, 0.3) is 0 Å². The summed E-state index contributed by atoms with van der Waals surface area (Å²) in [6.07, 6.45) is 0. The molecular weight excluding hydrogens is 368 g/mol. The molecule has 0 spiro atoms. The van der Waals surface area contributed by atoms with Gasteiger partial charge in [-0.05, 0) is 55.7 Å². The maximum atomic E-state index is 5.65. The highest BCUT2D eigenvalue weighted by atomic mass is 16.6. The minimum atomic E-state index is 0.460. The summed E-state index contributed by atoms with van der Waals surface area (Å²) in [6.45, 7) is 6.72. The maximum absolute atomic E-state index is 5.65. The second-order valence-corrected chi connectivity index (χ2v) is 7.50. The van der Waals surface area contributed by atoms with E-state index in [4.69, 9.17) is 4.84 Å². The molecule has 0 aliphatic carbocycles. The first kappa shape index (κ1) is 19.7. The number of rotatable bonds is 6. The monoisotopic (exact) mass is 394 g/mol. The van der Waals surface area contributed by atoms with Crippen molar-refractivity contribution in [2.75, 3.05) is 0 Å². The first-order chi connectivity index (χ1) is 14.6. The summed E-state index contributed by atoms with van der Waals surface area (Å²) in [6, 6.07) is 31.3. The van der Waals surface area contributed by atoms with Gasteiger partial charge in [-0.3, -0.25) is 0 Å². The average Bonchev–Trinajstić information content (AvgIpc) is 3.12. The Kier molecular flexibility index (Phi) is 5.80. The third-order valence-corrected chi connectivity index (χ3v) is 5.24. The van der Waals surface area contributed by atoms with Gasteiger partial charge in [-0.1, -0.05) is 78.0 Å². The van der Waals surface area contributed by atoms with Crippen molar-refractivity contribution in [3.05, 3.63) is 113 Å². The lowest BCUT2D eigenvalue weighted by Crippen LogP contribution is -2.03. The molecule has 0 saturated heterocycles.